The smallest absolute Gasteiger partial charge is 0.319 e. The van der Waals surface area contributed by atoms with Crippen LogP contribution < -0.4 is 5.32 Å². The zero-order valence-electron chi connectivity index (χ0n) is 8.98. The van der Waals surface area contributed by atoms with Crippen LogP contribution in [0.3, 0.4) is 0 Å². The highest BCUT2D eigenvalue weighted by atomic mass is 35.5. The first kappa shape index (κ1) is 12.8. The zero-order chi connectivity index (χ0) is 12.1. The number of hydrogen-bond acceptors (Lipinski definition) is 2. The molecular weight excluding hydrogens is 228 g/mol. The molecule has 0 heterocycles. The van der Waals surface area contributed by atoms with Crippen LogP contribution in [0, 0.1) is 6.92 Å². The van der Waals surface area contributed by atoms with E-state index in [1.807, 2.05) is 18.2 Å². The number of amides is 2. The molecule has 0 aliphatic heterocycles. The maximum atomic E-state index is 11.4. The van der Waals surface area contributed by atoms with Crippen LogP contribution in [0.5, 0.6) is 0 Å². The summed E-state index contributed by atoms with van der Waals surface area (Å²) >= 11 is 5.92. The molecule has 4 nitrogen and oxygen atoms in total. The number of aliphatic hydroxyl groups is 1. The first-order valence-corrected chi connectivity index (χ1v) is 5.15. The number of carbonyl (C=O) groups is 1. The number of carbonyl (C=O) groups excluding carboxylic acids is 1. The van der Waals surface area contributed by atoms with Crippen molar-refractivity contribution in [2.45, 2.75) is 12.8 Å². The molecule has 0 aromatic heterocycles. The van der Waals surface area contributed by atoms with E-state index in [0.717, 1.165) is 10.5 Å². The van der Waals surface area contributed by atoms with E-state index in [1.165, 1.54) is 7.05 Å². The van der Waals surface area contributed by atoms with Crippen LogP contribution in [0.2, 0.25) is 5.02 Å². The van der Waals surface area contributed by atoms with E-state index < -0.39 is 12.3 Å². The Bertz CT molecular complexity index is 369. The van der Waals surface area contributed by atoms with Crippen molar-refractivity contribution >= 4 is 17.6 Å². The number of benzene rings is 1. The van der Waals surface area contributed by atoms with Crippen molar-refractivity contribution in [1.82, 2.24) is 10.2 Å². The molecule has 0 spiro atoms. The van der Waals surface area contributed by atoms with Gasteiger partial charge in [0.2, 0.25) is 0 Å². The molecule has 16 heavy (non-hydrogen) atoms. The summed E-state index contributed by atoms with van der Waals surface area (Å²) in [6.45, 7) is 3.64. The van der Waals surface area contributed by atoms with E-state index in [0.29, 0.717) is 11.6 Å². The lowest BCUT2D eigenvalue weighted by atomic mass is 10.2. The molecule has 1 rings (SSSR count). The van der Waals surface area contributed by atoms with Gasteiger partial charge in [-0.2, -0.15) is 0 Å². The maximum Gasteiger partial charge on any atom is 0.319 e. The lowest BCUT2D eigenvalue weighted by Gasteiger charge is -2.20. The Hall–Kier alpha value is -1.26. The first-order valence-electron chi connectivity index (χ1n) is 4.77. The number of nitrogens with one attached hydrogen (secondary N) is 1. The molecule has 1 unspecified atom stereocenters. The molecule has 1 aromatic rings. The number of aliphatic hydroxyl groups excluding tert-OH is 1. The summed E-state index contributed by atoms with van der Waals surface area (Å²) in [7, 11) is 1.46. The van der Waals surface area contributed by atoms with E-state index in [4.69, 9.17) is 16.7 Å². The predicted octanol–water partition coefficient (Wildman–Crippen LogP) is 1.63. The first-order chi connectivity index (χ1) is 7.52. The highest BCUT2D eigenvalue weighted by Gasteiger charge is 2.12. The van der Waals surface area contributed by atoms with E-state index >= 15 is 0 Å². The quantitative estimate of drug-likeness (QED) is 0.791. The molecule has 0 aliphatic rings. The van der Waals surface area contributed by atoms with Gasteiger partial charge in [0.1, 0.15) is 6.23 Å². The number of hydrogen-bond donors (Lipinski definition) is 2. The van der Waals surface area contributed by atoms with Crippen LogP contribution in [0.25, 0.3) is 0 Å². The standard InChI is InChI=1S/C11H14ClN2O2/c1-8(15)14(2)11(16)13-7-9-5-3-4-6-10(9)12/h3-6,8,15H,1,7H2,2H3,(H,13,16). The van der Waals surface area contributed by atoms with Crippen molar-refractivity contribution in [3.05, 3.63) is 41.8 Å². The van der Waals surface area contributed by atoms with Gasteiger partial charge < -0.3 is 15.3 Å². The van der Waals surface area contributed by atoms with E-state index in [9.17, 15) is 4.79 Å². The summed E-state index contributed by atoms with van der Waals surface area (Å²) in [5.74, 6) is 0. The van der Waals surface area contributed by atoms with Crippen LogP contribution in [-0.2, 0) is 6.54 Å². The average molecular weight is 242 g/mol. The second-order valence-electron chi connectivity index (χ2n) is 3.34. The third kappa shape index (κ3) is 3.40. The summed E-state index contributed by atoms with van der Waals surface area (Å²) in [5.41, 5.74) is 0.824. The molecule has 1 atom stereocenters. The maximum absolute atomic E-state index is 11.4. The summed E-state index contributed by atoms with van der Waals surface area (Å²) in [4.78, 5) is 12.5. The zero-order valence-corrected chi connectivity index (χ0v) is 9.74. The Labute approximate surface area is 99.8 Å². The fourth-order valence-corrected chi connectivity index (χ4v) is 1.28. The fourth-order valence-electron chi connectivity index (χ4n) is 1.07. The molecule has 1 aromatic carbocycles. The number of halogens is 1. The minimum atomic E-state index is -1.06. The van der Waals surface area contributed by atoms with E-state index in [-0.39, 0.29) is 0 Å². The van der Waals surface area contributed by atoms with Crippen molar-refractivity contribution in [3.63, 3.8) is 0 Å². The van der Waals surface area contributed by atoms with Crippen LogP contribution in [0.15, 0.2) is 24.3 Å². The molecular formula is C11H14ClN2O2. The third-order valence-electron chi connectivity index (χ3n) is 2.16. The van der Waals surface area contributed by atoms with Crippen LogP contribution >= 0.6 is 11.6 Å². The monoisotopic (exact) mass is 241 g/mol. The molecule has 0 saturated carbocycles. The summed E-state index contributed by atoms with van der Waals surface area (Å²) in [5, 5.41) is 12.3. The lowest BCUT2D eigenvalue weighted by Crippen LogP contribution is -2.42. The van der Waals surface area contributed by atoms with E-state index in [2.05, 4.69) is 12.2 Å². The Morgan fingerprint density at radius 2 is 2.25 bits per heavy atom. The molecule has 2 amide bonds. The SMILES string of the molecule is [CH2]C(O)N(C)C(=O)NCc1ccccc1Cl. The number of rotatable bonds is 3. The van der Waals surface area contributed by atoms with Gasteiger partial charge in [0, 0.05) is 18.6 Å². The Morgan fingerprint density at radius 1 is 1.62 bits per heavy atom. The Kier molecular flexibility index (Phi) is 4.58. The molecule has 87 valence electrons. The molecule has 1 radical (unpaired) electrons. The van der Waals surface area contributed by atoms with Gasteiger partial charge in [-0.3, -0.25) is 0 Å². The third-order valence-corrected chi connectivity index (χ3v) is 2.52. The minimum absolute atomic E-state index is 0.315. The fraction of sp³-hybridized carbons (Fsp3) is 0.273. The summed E-state index contributed by atoms with van der Waals surface area (Å²) in [6, 6.07) is 6.83. The Balaban J connectivity index is 2.52. The second kappa shape index (κ2) is 5.72. The van der Waals surface area contributed by atoms with Crippen molar-refractivity contribution in [1.29, 1.82) is 0 Å². The average Bonchev–Trinajstić information content (AvgIpc) is 2.26. The minimum Gasteiger partial charge on any atom is -0.373 e. The van der Waals surface area contributed by atoms with Crippen molar-refractivity contribution in [2.75, 3.05) is 7.05 Å². The van der Waals surface area contributed by atoms with Gasteiger partial charge in [0.25, 0.3) is 0 Å². The highest BCUT2D eigenvalue weighted by Crippen LogP contribution is 2.14. The van der Waals surface area contributed by atoms with E-state index in [1.54, 1.807) is 6.07 Å². The molecule has 5 heteroatoms. The van der Waals surface area contributed by atoms with Gasteiger partial charge in [-0.05, 0) is 18.6 Å². The van der Waals surface area contributed by atoms with Gasteiger partial charge in [-0.25, -0.2) is 4.79 Å². The number of nitrogens with zero attached hydrogens (tertiary/aromatic N) is 1. The normalized spacial score (nSPS) is 12.0. The Morgan fingerprint density at radius 3 is 2.81 bits per heavy atom. The van der Waals surface area contributed by atoms with Crippen LogP contribution in [0.1, 0.15) is 5.56 Å². The molecule has 0 bridgehead atoms. The molecule has 0 fully saturated rings. The van der Waals surface area contributed by atoms with Gasteiger partial charge >= 0.3 is 6.03 Å². The highest BCUT2D eigenvalue weighted by molar-refractivity contribution is 6.31. The van der Waals surface area contributed by atoms with Crippen molar-refractivity contribution in [2.24, 2.45) is 0 Å². The summed E-state index contributed by atoms with van der Waals surface area (Å²) < 4.78 is 0. The largest absolute Gasteiger partial charge is 0.373 e. The van der Waals surface area contributed by atoms with Crippen LogP contribution in [0.4, 0.5) is 4.79 Å². The van der Waals surface area contributed by atoms with Gasteiger partial charge in [0.15, 0.2) is 0 Å². The van der Waals surface area contributed by atoms with Crippen LogP contribution in [-0.4, -0.2) is 29.3 Å². The van der Waals surface area contributed by atoms with Gasteiger partial charge in [-0.15, -0.1) is 0 Å². The van der Waals surface area contributed by atoms with Crippen molar-refractivity contribution < 1.29 is 9.90 Å². The predicted molar refractivity (Wildman–Crippen MR) is 62.8 cm³/mol. The molecule has 0 aliphatic carbocycles. The molecule has 0 saturated heterocycles. The van der Waals surface area contributed by atoms with Gasteiger partial charge in [-0.1, -0.05) is 29.8 Å². The topological polar surface area (TPSA) is 52.6 Å². The lowest BCUT2D eigenvalue weighted by molar-refractivity contribution is 0.0819. The van der Waals surface area contributed by atoms with Crippen molar-refractivity contribution in [3.8, 4) is 0 Å². The molecule has 2 N–H and O–H groups in total. The van der Waals surface area contributed by atoms with Gasteiger partial charge in [0.05, 0.1) is 0 Å². The number of urea groups is 1. The summed E-state index contributed by atoms with van der Waals surface area (Å²) in [6.07, 6.45) is -1.06. The second-order valence-corrected chi connectivity index (χ2v) is 3.75.